The van der Waals surface area contributed by atoms with Gasteiger partial charge in [0.15, 0.2) is 0 Å². The third-order valence-electron chi connectivity index (χ3n) is 3.70. The van der Waals surface area contributed by atoms with Gasteiger partial charge in [-0.1, -0.05) is 12.1 Å². The molecule has 0 bridgehead atoms. The molecule has 1 aromatic carbocycles. The molecule has 1 atom stereocenters. The Morgan fingerprint density at radius 2 is 1.90 bits per heavy atom. The summed E-state index contributed by atoms with van der Waals surface area (Å²) < 4.78 is 18.3. The minimum atomic E-state index is -0.216. The third-order valence-corrected chi connectivity index (χ3v) is 3.70. The van der Waals surface area contributed by atoms with Gasteiger partial charge in [-0.05, 0) is 38.5 Å². The summed E-state index contributed by atoms with van der Waals surface area (Å²) in [6, 6.07) is 6.67. The quantitative estimate of drug-likeness (QED) is 0.911. The first-order valence-electron chi connectivity index (χ1n) is 7.01. The number of nitrogens with one attached hydrogen (secondary N) is 1. The Balaban J connectivity index is 2.08. The van der Waals surface area contributed by atoms with Crippen molar-refractivity contribution in [2.75, 3.05) is 7.11 Å². The molecule has 0 saturated carbocycles. The number of methoxy groups -OCH3 is 1. The highest BCUT2D eigenvalue weighted by molar-refractivity contribution is 5.41. The van der Waals surface area contributed by atoms with E-state index >= 15 is 0 Å². The molecule has 1 unspecified atom stereocenters. The molecule has 0 fully saturated rings. The molecule has 4 heteroatoms. The first-order valence-corrected chi connectivity index (χ1v) is 7.01. The lowest BCUT2D eigenvalue weighted by Gasteiger charge is -2.16. The Morgan fingerprint density at radius 1 is 1.24 bits per heavy atom. The van der Waals surface area contributed by atoms with Gasteiger partial charge in [-0.2, -0.15) is 0 Å². The lowest BCUT2D eigenvalue weighted by Crippen LogP contribution is -2.19. The van der Waals surface area contributed by atoms with Crippen molar-refractivity contribution < 1.29 is 9.13 Å². The van der Waals surface area contributed by atoms with Gasteiger partial charge in [0.1, 0.15) is 11.6 Å². The molecular weight excluding hydrogens is 267 g/mol. The van der Waals surface area contributed by atoms with E-state index < -0.39 is 0 Å². The molecule has 0 radical (unpaired) electrons. The Labute approximate surface area is 125 Å². The number of hydrogen-bond acceptors (Lipinski definition) is 3. The Hall–Kier alpha value is -1.94. The van der Waals surface area contributed by atoms with Gasteiger partial charge >= 0.3 is 0 Å². The van der Waals surface area contributed by atoms with Crippen molar-refractivity contribution in [3.63, 3.8) is 0 Å². The van der Waals surface area contributed by atoms with Crippen molar-refractivity contribution in [3.8, 4) is 5.75 Å². The Kier molecular flexibility index (Phi) is 4.91. The van der Waals surface area contributed by atoms with E-state index in [0.29, 0.717) is 6.54 Å². The molecule has 1 heterocycles. The van der Waals surface area contributed by atoms with E-state index in [1.54, 1.807) is 19.2 Å². The molecule has 21 heavy (non-hydrogen) atoms. The van der Waals surface area contributed by atoms with Crippen LogP contribution >= 0.6 is 0 Å². The number of pyridine rings is 1. The molecule has 0 aliphatic carbocycles. The maximum absolute atomic E-state index is 12.9. The van der Waals surface area contributed by atoms with Gasteiger partial charge in [0.05, 0.1) is 12.8 Å². The fourth-order valence-corrected chi connectivity index (χ4v) is 2.37. The van der Waals surface area contributed by atoms with Crippen molar-refractivity contribution in [2.45, 2.75) is 33.4 Å². The van der Waals surface area contributed by atoms with Gasteiger partial charge in [-0.3, -0.25) is 4.98 Å². The lowest BCUT2D eigenvalue weighted by atomic mass is 10.1. The normalized spacial score (nSPS) is 12.2. The molecule has 2 rings (SSSR count). The van der Waals surface area contributed by atoms with Crippen LogP contribution in [-0.4, -0.2) is 12.1 Å². The zero-order valence-corrected chi connectivity index (χ0v) is 12.9. The van der Waals surface area contributed by atoms with Gasteiger partial charge in [0.25, 0.3) is 0 Å². The minimum absolute atomic E-state index is 0.124. The standard InChI is InChI=1S/C17H21FN2O/c1-11-9-20-16(12(2)17(11)21-4)10-19-13(3)14-5-7-15(18)8-6-14/h5-9,13,19H,10H2,1-4H3. The summed E-state index contributed by atoms with van der Waals surface area (Å²) in [6.07, 6.45) is 1.82. The molecule has 0 aliphatic heterocycles. The van der Waals surface area contributed by atoms with Crippen LogP contribution in [0.1, 0.15) is 35.3 Å². The first kappa shape index (κ1) is 15.4. The molecule has 112 valence electrons. The van der Waals surface area contributed by atoms with Crippen LogP contribution in [0.25, 0.3) is 0 Å². The zero-order valence-electron chi connectivity index (χ0n) is 12.9. The predicted octanol–water partition coefficient (Wildman–Crippen LogP) is 3.70. The van der Waals surface area contributed by atoms with Gasteiger partial charge in [0.2, 0.25) is 0 Å². The highest BCUT2D eigenvalue weighted by Gasteiger charge is 2.11. The zero-order chi connectivity index (χ0) is 15.4. The monoisotopic (exact) mass is 288 g/mol. The van der Waals surface area contributed by atoms with Gasteiger partial charge in [-0.25, -0.2) is 4.39 Å². The van der Waals surface area contributed by atoms with Crippen molar-refractivity contribution in [1.29, 1.82) is 0 Å². The number of aryl methyl sites for hydroxylation is 1. The van der Waals surface area contributed by atoms with Crippen LogP contribution in [0.2, 0.25) is 0 Å². The second-order valence-electron chi connectivity index (χ2n) is 5.20. The Bertz CT molecular complexity index is 611. The summed E-state index contributed by atoms with van der Waals surface area (Å²) in [7, 11) is 1.67. The SMILES string of the molecule is COc1c(C)cnc(CNC(C)c2ccc(F)cc2)c1C. The fraction of sp³-hybridized carbons (Fsp3) is 0.353. The fourth-order valence-electron chi connectivity index (χ4n) is 2.37. The van der Waals surface area contributed by atoms with Crippen molar-refractivity contribution in [1.82, 2.24) is 10.3 Å². The summed E-state index contributed by atoms with van der Waals surface area (Å²) in [5.74, 6) is 0.669. The highest BCUT2D eigenvalue weighted by Crippen LogP contribution is 2.24. The topological polar surface area (TPSA) is 34.1 Å². The molecule has 1 aromatic heterocycles. The number of ether oxygens (including phenoxy) is 1. The van der Waals surface area contributed by atoms with E-state index in [2.05, 4.69) is 10.3 Å². The van der Waals surface area contributed by atoms with Crippen LogP contribution in [-0.2, 0) is 6.54 Å². The number of benzene rings is 1. The summed E-state index contributed by atoms with van der Waals surface area (Å²) in [4.78, 5) is 4.46. The van der Waals surface area contributed by atoms with Crippen LogP contribution < -0.4 is 10.1 Å². The van der Waals surface area contributed by atoms with Gasteiger partial charge in [-0.15, -0.1) is 0 Å². The van der Waals surface area contributed by atoms with Crippen molar-refractivity contribution in [2.24, 2.45) is 0 Å². The second kappa shape index (κ2) is 6.68. The minimum Gasteiger partial charge on any atom is -0.496 e. The first-order chi connectivity index (χ1) is 10.0. The molecule has 0 saturated heterocycles. The maximum atomic E-state index is 12.9. The molecule has 0 amide bonds. The van der Waals surface area contributed by atoms with Crippen LogP contribution in [0.4, 0.5) is 4.39 Å². The van der Waals surface area contributed by atoms with Crippen LogP contribution in [0.3, 0.4) is 0 Å². The highest BCUT2D eigenvalue weighted by atomic mass is 19.1. The molecule has 0 spiro atoms. The van der Waals surface area contributed by atoms with E-state index in [1.807, 2.05) is 27.0 Å². The van der Waals surface area contributed by atoms with Crippen LogP contribution in [0.5, 0.6) is 5.75 Å². The van der Waals surface area contributed by atoms with Gasteiger partial charge < -0.3 is 10.1 Å². The second-order valence-corrected chi connectivity index (χ2v) is 5.20. The van der Waals surface area contributed by atoms with E-state index in [9.17, 15) is 4.39 Å². The van der Waals surface area contributed by atoms with E-state index in [0.717, 1.165) is 28.1 Å². The van der Waals surface area contributed by atoms with Crippen molar-refractivity contribution in [3.05, 3.63) is 58.7 Å². The number of aromatic nitrogens is 1. The van der Waals surface area contributed by atoms with E-state index in [1.165, 1.54) is 12.1 Å². The summed E-state index contributed by atoms with van der Waals surface area (Å²) in [5.41, 5.74) is 4.10. The number of hydrogen-bond donors (Lipinski definition) is 1. The van der Waals surface area contributed by atoms with Crippen LogP contribution in [0, 0.1) is 19.7 Å². The molecule has 3 nitrogen and oxygen atoms in total. The molecular formula is C17H21FN2O. The summed E-state index contributed by atoms with van der Waals surface area (Å²) in [6.45, 7) is 6.69. The van der Waals surface area contributed by atoms with Crippen molar-refractivity contribution >= 4 is 0 Å². The molecule has 1 N–H and O–H groups in total. The average molecular weight is 288 g/mol. The lowest BCUT2D eigenvalue weighted by molar-refractivity contribution is 0.406. The third kappa shape index (κ3) is 3.58. The maximum Gasteiger partial charge on any atom is 0.128 e. The van der Waals surface area contributed by atoms with E-state index in [4.69, 9.17) is 4.74 Å². The number of halogens is 1. The number of rotatable bonds is 5. The smallest absolute Gasteiger partial charge is 0.128 e. The predicted molar refractivity (Wildman–Crippen MR) is 81.9 cm³/mol. The molecule has 0 aliphatic rings. The largest absolute Gasteiger partial charge is 0.496 e. The van der Waals surface area contributed by atoms with Crippen LogP contribution in [0.15, 0.2) is 30.5 Å². The Morgan fingerprint density at radius 3 is 2.52 bits per heavy atom. The summed E-state index contributed by atoms with van der Waals surface area (Å²) >= 11 is 0. The average Bonchev–Trinajstić information content (AvgIpc) is 2.47. The number of nitrogens with zero attached hydrogens (tertiary/aromatic N) is 1. The van der Waals surface area contributed by atoms with E-state index in [-0.39, 0.29) is 11.9 Å². The van der Waals surface area contributed by atoms with Gasteiger partial charge in [0, 0.05) is 29.9 Å². The molecule has 2 aromatic rings. The summed E-state index contributed by atoms with van der Waals surface area (Å²) in [5, 5.41) is 3.41.